The molecule has 1 saturated heterocycles. The molecule has 1 aromatic carbocycles. The first kappa shape index (κ1) is 22.7. The van der Waals surface area contributed by atoms with Gasteiger partial charge in [-0.25, -0.2) is 9.97 Å². The Hall–Kier alpha value is -3.52. The van der Waals surface area contributed by atoms with Gasteiger partial charge in [-0.05, 0) is 56.2 Å². The first-order chi connectivity index (χ1) is 15.9. The zero-order chi connectivity index (χ0) is 23.4. The van der Waals surface area contributed by atoms with Gasteiger partial charge in [0, 0.05) is 17.9 Å². The lowest BCUT2D eigenvalue weighted by Crippen LogP contribution is -2.43. The van der Waals surface area contributed by atoms with Crippen molar-refractivity contribution in [3.63, 3.8) is 0 Å². The van der Waals surface area contributed by atoms with Gasteiger partial charge >= 0.3 is 0 Å². The summed E-state index contributed by atoms with van der Waals surface area (Å²) in [7, 11) is 1.65. The Morgan fingerprint density at radius 3 is 2.61 bits per heavy atom. The lowest BCUT2D eigenvalue weighted by Gasteiger charge is -2.33. The maximum atomic E-state index is 12.9. The number of methoxy groups -OCH3 is 1. The highest BCUT2D eigenvalue weighted by Gasteiger charge is 2.26. The molecule has 2 aromatic heterocycles. The van der Waals surface area contributed by atoms with Crippen molar-refractivity contribution in [3.05, 3.63) is 70.8 Å². The molecule has 33 heavy (non-hydrogen) atoms. The van der Waals surface area contributed by atoms with Crippen LogP contribution in [0.1, 0.15) is 34.3 Å². The second-order valence-corrected chi connectivity index (χ2v) is 8.25. The van der Waals surface area contributed by atoms with Crippen LogP contribution in [0.4, 0.5) is 11.6 Å². The lowest BCUT2D eigenvalue weighted by molar-refractivity contribution is -0.138. The van der Waals surface area contributed by atoms with Gasteiger partial charge < -0.3 is 19.7 Å². The minimum Gasteiger partial charge on any atom is -0.496 e. The van der Waals surface area contributed by atoms with E-state index in [1.807, 2.05) is 62.1 Å². The van der Waals surface area contributed by atoms with Crippen LogP contribution in [0, 0.1) is 20.8 Å². The number of aryl methyl sites for hydroxylation is 3. The number of benzene rings is 1. The van der Waals surface area contributed by atoms with Gasteiger partial charge in [0.15, 0.2) is 0 Å². The summed E-state index contributed by atoms with van der Waals surface area (Å²) in [5.41, 5.74) is 5.39. The molecule has 1 fully saturated rings. The van der Waals surface area contributed by atoms with E-state index in [2.05, 4.69) is 20.3 Å². The first-order valence-corrected chi connectivity index (χ1v) is 11.0. The van der Waals surface area contributed by atoms with Gasteiger partial charge in [0.1, 0.15) is 11.9 Å². The second-order valence-electron chi connectivity index (χ2n) is 8.25. The van der Waals surface area contributed by atoms with E-state index in [-0.39, 0.29) is 12.0 Å². The summed E-state index contributed by atoms with van der Waals surface area (Å²) in [5.74, 6) is 1.45. The molecule has 4 rings (SSSR count). The van der Waals surface area contributed by atoms with Crippen molar-refractivity contribution in [1.82, 2.24) is 19.9 Å². The maximum Gasteiger partial charge on any atom is 0.227 e. The Kier molecular flexibility index (Phi) is 6.84. The molecule has 1 unspecified atom stereocenters. The highest BCUT2D eigenvalue weighted by molar-refractivity contribution is 5.79. The monoisotopic (exact) mass is 447 g/mol. The number of hydrogen-bond donors (Lipinski definition) is 1. The molecule has 172 valence electrons. The second kappa shape index (κ2) is 9.95. The summed E-state index contributed by atoms with van der Waals surface area (Å²) in [6.07, 6.45) is 1.83. The number of nitrogens with one attached hydrogen (secondary N) is 1. The van der Waals surface area contributed by atoms with E-state index in [1.54, 1.807) is 13.3 Å². The third-order valence-corrected chi connectivity index (χ3v) is 5.59. The smallest absolute Gasteiger partial charge is 0.227 e. The summed E-state index contributed by atoms with van der Waals surface area (Å²) in [6.45, 7) is 7.39. The molecule has 0 saturated carbocycles. The number of morpholine rings is 1. The lowest BCUT2D eigenvalue weighted by atomic mass is 10.1. The maximum absolute atomic E-state index is 12.9. The zero-order valence-electron chi connectivity index (χ0n) is 19.5. The molecule has 1 atom stereocenters. The van der Waals surface area contributed by atoms with E-state index in [9.17, 15) is 4.79 Å². The fraction of sp³-hybridized carbons (Fsp3) is 0.360. The van der Waals surface area contributed by atoms with Gasteiger partial charge in [-0.15, -0.1) is 0 Å². The van der Waals surface area contributed by atoms with Gasteiger partial charge in [0.2, 0.25) is 11.9 Å². The molecule has 0 aliphatic carbocycles. The molecule has 1 aliphatic rings. The molecule has 0 spiro atoms. The van der Waals surface area contributed by atoms with Crippen LogP contribution in [0.2, 0.25) is 0 Å². The SMILES string of the molecule is COc1ccc(CC(=O)N2CCOC(c3ccc(Nc4nc(C)cc(C)n4)cn3)C2)cc1C. The molecular weight excluding hydrogens is 418 g/mol. The van der Waals surface area contributed by atoms with Crippen molar-refractivity contribution in [2.45, 2.75) is 33.3 Å². The average molecular weight is 448 g/mol. The van der Waals surface area contributed by atoms with Gasteiger partial charge in [0.25, 0.3) is 0 Å². The van der Waals surface area contributed by atoms with Crippen LogP contribution in [0.5, 0.6) is 5.75 Å². The predicted octanol–water partition coefficient (Wildman–Crippen LogP) is 3.69. The first-order valence-electron chi connectivity index (χ1n) is 11.0. The standard InChI is InChI=1S/C25H29N5O3/c1-16-11-19(5-8-22(16)32-4)13-24(31)30-9-10-33-23(15-30)21-7-6-20(14-26-21)29-25-27-17(2)12-18(3)28-25/h5-8,11-12,14,23H,9-10,13,15H2,1-4H3,(H,27,28,29). The number of amides is 1. The zero-order valence-corrected chi connectivity index (χ0v) is 19.5. The van der Waals surface area contributed by atoms with Crippen LogP contribution in [-0.2, 0) is 16.0 Å². The Labute approximate surface area is 194 Å². The number of pyridine rings is 1. The molecule has 8 heteroatoms. The quantitative estimate of drug-likeness (QED) is 0.616. The number of aromatic nitrogens is 3. The Morgan fingerprint density at radius 2 is 1.94 bits per heavy atom. The molecule has 1 N–H and O–H groups in total. The number of nitrogens with zero attached hydrogens (tertiary/aromatic N) is 4. The van der Waals surface area contributed by atoms with Crippen LogP contribution in [0.3, 0.4) is 0 Å². The molecule has 0 radical (unpaired) electrons. The highest BCUT2D eigenvalue weighted by Crippen LogP contribution is 2.24. The van der Waals surface area contributed by atoms with Crippen LogP contribution >= 0.6 is 0 Å². The van der Waals surface area contributed by atoms with E-state index < -0.39 is 0 Å². The van der Waals surface area contributed by atoms with Crippen molar-refractivity contribution in [2.75, 3.05) is 32.1 Å². The minimum atomic E-state index is -0.258. The molecule has 3 heterocycles. The van der Waals surface area contributed by atoms with E-state index >= 15 is 0 Å². The third kappa shape index (κ3) is 5.64. The Balaban J connectivity index is 1.38. The van der Waals surface area contributed by atoms with E-state index in [0.717, 1.165) is 39.6 Å². The van der Waals surface area contributed by atoms with Crippen LogP contribution < -0.4 is 10.1 Å². The molecular formula is C25H29N5O3. The normalized spacial score (nSPS) is 15.9. The van der Waals surface area contributed by atoms with Gasteiger partial charge in [-0.2, -0.15) is 0 Å². The number of hydrogen-bond acceptors (Lipinski definition) is 7. The van der Waals surface area contributed by atoms with E-state index in [1.165, 1.54) is 0 Å². The fourth-order valence-electron chi connectivity index (χ4n) is 3.97. The Bertz CT molecular complexity index is 1110. The summed E-state index contributed by atoms with van der Waals surface area (Å²) in [5, 5.41) is 3.18. The summed E-state index contributed by atoms with van der Waals surface area (Å²) < 4.78 is 11.2. The van der Waals surface area contributed by atoms with Crippen molar-refractivity contribution in [3.8, 4) is 5.75 Å². The number of ether oxygens (including phenoxy) is 2. The van der Waals surface area contributed by atoms with Crippen LogP contribution in [-0.4, -0.2) is 52.6 Å². The summed E-state index contributed by atoms with van der Waals surface area (Å²) in [6, 6.07) is 11.6. The van der Waals surface area contributed by atoms with Gasteiger partial charge in [0.05, 0.1) is 44.3 Å². The summed E-state index contributed by atoms with van der Waals surface area (Å²) >= 11 is 0. The fourth-order valence-corrected chi connectivity index (χ4v) is 3.97. The Morgan fingerprint density at radius 1 is 1.15 bits per heavy atom. The highest BCUT2D eigenvalue weighted by atomic mass is 16.5. The predicted molar refractivity (Wildman–Crippen MR) is 126 cm³/mol. The van der Waals surface area contributed by atoms with Crippen LogP contribution in [0.15, 0.2) is 42.6 Å². The molecule has 1 aliphatic heterocycles. The number of carbonyl (C=O) groups excluding carboxylic acids is 1. The van der Waals surface area contributed by atoms with Gasteiger partial charge in [-0.1, -0.05) is 12.1 Å². The van der Waals surface area contributed by atoms with Crippen molar-refractivity contribution >= 4 is 17.5 Å². The number of carbonyl (C=O) groups is 1. The van der Waals surface area contributed by atoms with E-state index in [0.29, 0.717) is 32.1 Å². The van der Waals surface area contributed by atoms with E-state index in [4.69, 9.17) is 9.47 Å². The topological polar surface area (TPSA) is 89.5 Å². The van der Waals surface area contributed by atoms with Crippen molar-refractivity contribution < 1.29 is 14.3 Å². The molecule has 1 amide bonds. The molecule has 0 bridgehead atoms. The van der Waals surface area contributed by atoms with Gasteiger partial charge in [-0.3, -0.25) is 9.78 Å². The number of anilines is 2. The minimum absolute atomic E-state index is 0.0816. The van der Waals surface area contributed by atoms with Crippen LogP contribution in [0.25, 0.3) is 0 Å². The third-order valence-electron chi connectivity index (χ3n) is 5.59. The molecule has 8 nitrogen and oxygen atoms in total. The largest absolute Gasteiger partial charge is 0.496 e. The van der Waals surface area contributed by atoms with Crippen molar-refractivity contribution in [2.24, 2.45) is 0 Å². The number of rotatable bonds is 6. The summed E-state index contributed by atoms with van der Waals surface area (Å²) in [4.78, 5) is 28.1. The molecule has 3 aromatic rings. The van der Waals surface area contributed by atoms with Crippen molar-refractivity contribution in [1.29, 1.82) is 0 Å². The average Bonchev–Trinajstić information content (AvgIpc) is 2.79.